The molecule has 3 amide bonds. The van der Waals surface area contributed by atoms with E-state index in [2.05, 4.69) is 16.0 Å². The summed E-state index contributed by atoms with van der Waals surface area (Å²) >= 11 is 0. The summed E-state index contributed by atoms with van der Waals surface area (Å²) in [5.74, 6) is -5.11. The van der Waals surface area contributed by atoms with E-state index in [4.69, 9.17) is 56.8 Å². The van der Waals surface area contributed by atoms with E-state index in [9.17, 15) is 58.5 Å². The van der Waals surface area contributed by atoms with Crippen LogP contribution in [0.4, 0.5) is 0 Å². The molecule has 117 heavy (non-hydrogen) atoms. The minimum Gasteiger partial charge on any atom is -0.508 e. The number of hydrogen-bond acceptors (Lipinski definition) is 23. The number of phenolic OH excluding ortho intramolecular Hbond substituents is 2. The summed E-state index contributed by atoms with van der Waals surface area (Å²) in [4.78, 5) is 116. The Balaban J connectivity index is 0.000000247. The minimum atomic E-state index is -1.27. The summed E-state index contributed by atoms with van der Waals surface area (Å²) in [5, 5.41) is 38.1. The molecular formula is C90H99N3O24. The number of amides is 3. The molecule has 0 aromatic heterocycles. The Morgan fingerprint density at radius 2 is 0.598 bits per heavy atom. The number of benzene rings is 9. The predicted molar refractivity (Wildman–Crippen MR) is 434 cm³/mol. The molecule has 0 aliphatic heterocycles. The zero-order valence-electron chi connectivity index (χ0n) is 66.8. The van der Waals surface area contributed by atoms with Crippen LogP contribution in [0.3, 0.4) is 0 Å². The van der Waals surface area contributed by atoms with Crippen molar-refractivity contribution in [1.82, 2.24) is 16.0 Å². The lowest BCUT2D eigenvalue weighted by Gasteiger charge is -2.17. The predicted octanol–water partition coefficient (Wildman–Crippen LogP) is 14.0. The highest BCUT2D eigenvalue weighted by Gasteiger charge is 2.27. The first kappa shape index (κ1) is 91.6. The van der Waals surface area contributed by atoms with E-state index in [1.165, 1.54) is 80.9 Å². The van der Waals surface area contributed by atoms with Crippen LogP contribution in [-0.2, 0) is 71.9 Å². The topological polar surface area (TPSA) is 361 Å². The Bertz CT molecular complexity index is 4760. The number of methoxy groups -OCH3 is 3. The van der Waals surface area contributed by atoms with E-state index in [0.717, 1.165) is 16.7 Å². The lowest BCUT2D eigenvalue weighted by atomic mass is 9.93. The van der Waals surface area contributed by atoms with Crippen molar-refractivity contribution in [2.24, 2.45) is 17.8 Å². The van der Waals surface area contributed by atoms with Gasteiger partial charge in [-0.25, -0.2) is 28.8 Å². The number of carbonyl (C=O) groups excluding carboxylic acids is 8. The number of hydrogen-bond donors (Lipinski definition) is 6. The molecule has 0 heterocycles. The maximum Gasteiger partial charge on any atom is 0.341 e. The highest BCUT2D eigenvalue weighted by atomic mass is 16.7. The van der Waals surface area contributed by atoms with Gasteiger partial charge >= 0.3 is 35.8 Å². The van der Waals surface area contributed by atoms with Crippen LogP contribution < -0.4 is 20.7 Å². The molecule has 27 nitrogen and oxygen atoms in total. The average Bonchev–Trinajstić information content (AvgIpc) is 0.795. The minimum absolute atomic E-state index is 0.0134. The molecule has 618 valence electrons. The number of aromatic hydroxyl groups is 2. The molecule has 9 aromatic rings. The molecule has 6 N–H and O–H groups in total. The quantitative estimate of drug-likeness (QED) is 0.00899. The van der Waals surface area contributed by atoms with Gasteiger partial charge in [0.05, 0.1) is 73.0 Å². The van der Waals surface area contributed by atoms with Gasteiger partial charge in [-0.05, 0) is 159 Å². The van der Waals surface area contributed by atoms with Crippen LogP contribution >= 0.6 is 0 Å². The van der Waals surface area contributed by atoms with E-state index in [-0.39, 0.29) is 162 Å². The molecular weight excluding hydrogens is 1510 g/mol. The van der Waals surface area contributed by atoms with Gasteiger partial charge in [-0.2, -0.15) is 0 Å². The second-order valence-electron chi connectivity index (χ2n) is 27.3. The molecule has 9 rings (SSSR count). The van der Waals surface area contributed by atoms with Crippen molar-refractivity contribution in [3.63, 3.8) is 0 Å². The Labute approximate surface area is 679 Å². The normalized spacial score (nSPS) is 10.8. The summed E-state index contributed by atoms with van der Waals surface area (Å²) in [6.45, 7) is 14.3. The van der Waals surface area contributed by atoms with Crippen molar-refractivity contribution >= 4 is 53.5 Å². The lowest BCUT2D eigenvalue weighted by Crippen LogP contribution is -2.27. The van der Waals surface area contributed by atoms with Gasteiger partial charge in [-0.15, -0.1) is 0 Å². The molecule has 0 bridgehead atoms. The van der Waals surface area contributed by atoms with Crippen molar-refractivity contribution < 1.29 is 115 Å². The number of esters is 5. The molecule has 27 heteroatoms. The summed E-state index contributed by atoms with van der Waals surface area (Å²) in [6.07, 6.45) is 0. The van der Waals surface area contributed by atoms with Crippen molar-refractivity contribution in [1.29, 1.82) is 0 Å². The van der Waals surface area contributed by atoms with Crippen LogP contribution in [0.25, 0.3) is 33.4 Å². The summed E-state index contributed by atoms with van der Waals surface area (Å²) in [5.41, 5.74) is 5.31. The fraction of sp³-hybridized carbons (Fsp3) is 0.300. The van der Waals surface area contributed by atoms with E-state index in [1.54, 1.807) is 49.6 Å². The van der Waals surface area contributed by atoms with Crippen molar-refractivity contribution in [3.05, 3.63) is 267 Å². The molecule has 0 unspecified atom stereocenters. The van der Waals surface area contributed by atoms with Gasteiger partial charge in [0.1, 0.15) is 37.1 Å². The zero-order valence-corrected chi connectivity index (χ0v) is 66.8. The van der Waals surface area contributed by atoms with Crippen LogP contribution in [-0.4, -0.2) is 170 Å². The largest absolute Gasteiger partial charge is 0.508 e. The molecule has 0 radical (unpaired) electrons. The standard InChI is InChI=1S/C37H39NO8.C30H33NO8.C23H27NO8/c1-26(2)22-38-35(39)29-14-16-31(33(20-29)36(40)45-24-28-12-8-5-9-13-28)32-17-15-30(44-23-27-10-6-4-7-11-27)21-34(32)37(41)46-25-43-19-18-42-3;1-20(2)17-31-28(33)22-9-11-24(26(15-22)29(34)38-18-21-7-5-4-6-8-21)25-12-10-23(32)16-27(25)30(35)39-19-37-14-13-36-3;1-14(2)12-24-21(26)15-4-6-17(19(10-15)22(27)28)18-7-5-16(25)11-20(18)23(29)32-13-31-9-8-30-3/h4-17,20-21,26H,18-19,22-25H2,1-3H3,(H,38,39);4-12,15-16,20,32H,13-14,17-19H2,1-3H3,(H,31,33);4-7,10-11,14,25H,8-9,12-13H2,1-3H3,(H,24,26)(H,27,28). The number of nitrogens with one attached hydrogen (secondary N) is 3. The summed E-state index contributed by atoms with van der Waals surface area (Å²) in [7, 11) is 4.58. The molecule has 0 aliphatic rings. The number of aromatic carboxylic acids is 1. The van der Waals surface area contributed by atoms with Crippen LogP contribution in [0, 0.1) is 17.8 Å². The van der Waals surface area contributed by atoms with Crippen LogP contribution in [0.5, 0.6) is 17.2 Å². The second-order valence-corrected chi connectivity index (χ2v) is 27.3. The number of ether oxygens (including phenoxy) is 12. The lowest BCUT2D eigenvalue weighted by molar-refractivity contribution is -0.0440. The first-order valence-electron chi connectivity index (χ1n) is 37.5. The third-order valence-corrected chi connectivity index (χ3v) is 16.8. The summed E-state index contributed by atoms with van der Waals surface area (Å²) in [6, 6.07) is 54.6. The van der Waals surface area contributed by atoms with Crippen molar-refractivity contribution in [2.45, 2.75) is 61.4 Å². The van der Waals surface area contributed by atoms with Gasteiger partial charge in [0.15, 0.2) is 20.4 Å². The van der Waals surface area contributed by atoms with Gasteiger partial charge in [0.25, 0.3) is 17.7 Å². The monoisotopic (exact) mass is 1610 g/mol. The van der Waals surface area contributed by atoms with Gasteiger partial charge < -0.3 is 88.1 Å². The van der Waals surface area contributed by atoms with Crippen LogP contribution in [0.15, 0.2) is 200 Å². The molecule has 0 aliphatic carbocycles. The highest BCUT2D eigenvalue weighted by molar-refractivity contribution is 6.08. The molecule has 9 aromatic carbocycles. The van der Waals surface area contributed by atoms with Crippen molar-refractivity contribution in [3.8, 4) is 50.6 Å². The fourth-order valence-corrected chi connectivity index (χ4v) is 10.8. The molecule has 0 fully saturated rings. The average molecular weight is 1610 g/mol. The van der Waals surface area contributed by atoms with Crippen molar-refractivity contribution in [2.75, 3.05) is 101 Å². The number of rotatable bonds is 40. The molecule has 0 saturated carbocycles. The summed E-state index contributed by atoms with van der Waals surface area (Å²) < 4.78 is 63.3. The van der Waals surface area contributed by atoms with E-state index in [0.29, 0.717) is 67.5 Å². The van der Waals surface area contributed by atoms with Gasteiger partial charge in [0.2, 0.25) is 0 Å². The first-order chi connectivity index (χ1) is 56.4. The van der Waals surface area contributed by atoms with Crippen LogP contribution in [0.1, 0.15) is 151 Å². The highest BCUT2D eigenvalue weighted by Crippen LogP contribution is 2.36. The van der Waals surface area contributed by atoms with Gasteiger partial charge in [0, 0.05) is 57.7 Å². The van der Waals surface area contributed by atoms with Gasteiger partial charge in [-0.3, -0.25) is 14.4 Å². The van der Waals surface area contributed by atoms with Crippen LogP contribution in [0.2, 0.25) is 0 Å². The van der Waals surface area contributed by atoms with Gasteiger partial charge in [-0.1, -0.05) is 151 Å². The molecule has 0 atom stereocenters. The molecule has 0 saturated heterocycles. The Hall–Kier alpha value is -12.6. The Kier molecular flexibility index (Phi) is 38.0. The Morgan fingerprint density at radius 3 is 0.923 bits per heavy atom. The smallest absolute Gasteiger partial charge is 0.341 e. The first-order valence-corrected chi connectivity index (χ1v) is 37.5. The number of phenols is 2. The fourth-order valence-electron chi connectivity index (χ4n) is 10.8. The number of carboxylic acids is 1. The third kappa shape index (κ3) is 29.9. The number of carbonyl (C=O) groups is 9. The Morgan fingerprint density at radius 1 is 0.316 bits per heavy atom. The number of carboxylic acid groups (broad SMARTS) is 1. The second kappa shape index (κ2) is 48.6. The van der Waals surface area contributed by atoms with E-state index >= 15 is 0 Å². The zero-order chi connectivity index (χ0) is 84.6. The maximum atomic E-state index is 13.6. The SMILES string of the molecule is COCCOCOC(=O)c1cc(O)ccc1-c1ccc(C(=O)NCC(C)C)cc1C(=O)O.COCCOCOC(=O)c1cc(O)ccc1-c1ccc(C(=O)NCC(C)C)cc1C(=O)OCc1ccccc1.COCCOCOC(=O)c1cc(OCc2ccccc2)ccc1-c1ccc(C(=O)NCC(C)C)cc1C(=O)OCc1ccccc1. The third-order valence-electron chi connectivity index (χ3n) is 16.8. The maximum absolute atomic E-state index is 13.6. The molecule has 0 spiro atoms. The van der Waals surface area contributed by atoms with E-state index < -0.39 is 41.7 Å². The van der Waals surface area contributed by atoms with E-state index in [1.807, 2.05) is 133 Å².